The second-order valence-electron chi connectivity index (χ2n) is 7.84. The van der Waals surface area contributed by atoms with Gasteiger partial charge in [0, 0.05) is 16.7 Å². The summed E-state index contributed by atoms with van der Waals surface area (Å²) in [5.74, 6) is -0.764. The zero-order valence-electron chi connectivity index (χ0n) is 18.6. The van der Waals surface area contributed by atoms with Crippen LogP contribution in [0.15, 0.2) is 97.1 Å². The standard InChI is InChI=1S/C28H24N4O2/c1-18-7-2-3-10-23(18)19-13-15-20(16-14-19)27(33)31-24-11-4-5-12-25(24)32-28(34)22-9-6-8-21(17-22)26(29)30/h2-17H,1H3,(H3,29,30)(H,31,33)(H,32,34). The summed E-state index contributed by atoms with van der Waals surface area (Å²) in [6, 6.07) is 29.0. The average Bonchev–Trinajstić information content (AvgIpc) is 2.85. The van der Waals surface area contributed by atoms with E-state index >= 15 is 0 Å². The van der Waals surface area contributed by atoms with E-state index in [1.54, 1.807) is 60.7 Å². The Balaban J connectivity index is 1.50. The van der Waals surface area contributed by atoms with Crippen LogP contribution >= 0.6 is 0 Å². The number of nitrogen functional groups attached to an aromatic ring is 1. The van der Waals surface area contributed by atoms with Crippen LogP contribution in [-0.4, -0.2) is 17.6 Å². The number of benzene rings is 4. The van der Waals surface area contributed by atoms with Crippen molar-refractivity contribution in [2.75, 3.05) is 10.6 Å². The molecule has 0 unspecified atom stereocenters. The predicted molar refractivity (Wildman–Crippen MR) is 136 cm³/mol. The van der Waals surface area contributed by atoms with Crippen LogP contribution < -0.4 is 16.4 Å². The summed E-state index contributed by atoms with van der Waals surface area (Å²) in [7, 11) is 0. The first-order valence-corrected chi connectivity index (χ1v) is 10.7. The molecule has 0 radical (unpaired) electrons. The molecule has 0 aromatic heterocycles. The molecular weight excluding hydrogens is 424 g/mol. The van der Waals surface area contributed by atoms with Gasteiger partial charge < -0.3 is 16.4 Å². The fraction of sp³-hybridized carbons (Fsp3) is 0.0357. The molecular formula is C28H24N4O2. The highest BCUT2D eigenvalue weighted by Crippen LogP contribution is 2.25. The van der Waals surface area contributed by atoms with E-state index in [-0.39, 0.29) is 17.6 Å². The maximum Gasteiger partial charge on any atom is 0.255 e. The molecule has 168 valence electrons. The van der Waals surface area contributed by atoms with Crippen molar-refractivity contribution in [3.63, 3.8) is 0 Å². The topological polar surface area (TPSA) is 108 Å². The van der Waals surface area contributed by atoms with Gasteiger partial charge in [-0.2, -0.15) is 0 Å². The van der Waals surface area contributed by atoms with E-state index in [1.165, 1.54) is 5.56 Å². The molecule has 0 aliphatic rings. The van der Waals surface area contributed by atoms with Crippen LogP contribution in [0.1, 0.15) is 31.8 Å². The fourth-order valence-corrected chi connectivity index (χ4v) is 3.62. The lowest BCUT2D eigenvalue weighted by Gasteiger charge is -2.13. The van der Waals surface area contributed by atoms with Gasteiger partial charge in [-0.25, -0.2) is 0 Å². The molecule has 34 heavy (non-hydrogen) atoms. The van der Waals surface area contributed by atoms with Crippen molar-refractivity contribution < 1.29 is 9.59 Å². The van der Waals surface area contributed by atoms with E-state index in [4.69, 9.17) is 11.1 Å². The zero-order chi connectivity index (χ0) is 24.1. The van der Waals surface area contributed by atoms with Gasteiger partial charge in [-0.1, -0.05) is 60.7 Å². The van der Waals surface area contributed by atoms with E-state index in [2.05, 4.69) is 29.7 Å². The van der Waals surface area contributed by atoms with Gasteiger partial charge in [-0.3, -0.25) is 15.0 Å². The predicted octanol–water partition coefficient (Wildman–Crippen LogP) is 5.45. The third kappa shape index (κ3) is 5.02. The minimum absolute atomic E-state index is 0.115. The van der Waals surface area contributed by atoms with Crippen molar-refractivity contribution in [2.24, 2.45) is 5.73 Å². The van der Waals surface area contributed by atoms with Gasteiger partial charge in [0.15, 0.2) is 0 Å². The Bertz CT molecular complexity index is 1380. The second kappa shape index (κ2) is 9.83. The van der Waals surface area contributed by atoms with Crippen molar-refractivity contribution >= 4 is 29.0 Å². The lowest BCUT2D eigenvalue weighted by atomic mass is 9.99. The number of hydrogen-bond acceptors (Lipinski definition) is 3. The highest BCUT2D eigenvalue weighted by atomic mass is 16.2. The highest BCUT2D eigenvalue weighted by molar-refractivity contribution is 6.10. The minimum Gasteiger partial charge on any atom is -0.384 e. The quantitative estimate of drug-likeness (QED) is 0.233. The number of amidine groups is 1. The lowest BCUT2D eigenvalue weighted by Crippen LogP contribution is -2.18. The van der Waals surface area contributed by atoms with Crippen LogP contribution in [0.3, 0.4) is 0 Å². The summed E-state index contributed by atoms with van der Waals surface area (Å²) in [5, 5.41) is 13.3. The Kier molecular flexibility index (Phi) is 6.50. The van der Waals surface area contributed by atoms with Crippen molar-refractivity contribution in [2.45, 2.75) is 6.92 Å². The summed E-state index contributed by atoms with van der Waals surface area (Å²) < 4.78 is 0. The number of nitrogens with two attached hydrogens (primary N) is 1. The summed E-state index contributed by atoms with van der Waals surface area (Å²) in [5.41, 5.74) is 11.1. The Morgan fingerprint density at radius 2 is 1.24 bits per heavy atom. The number of rotatable bonds is 6. The number of carbonyl (C=O) groups is 2. The molecule has 5 N–H and O–H groups in total. The third-order valence-electron chi connectivity index (χ3n) is 5.46. The number of hydrogen-bond donors (Lipinski definition) is 4. The van der Waals surface area contributed by atoms with Crippen molar-refractivity contribution in [3.05, 3.63) is 119 Å². The summed E-state index contributed by atoms with van der Waals surface area (Å²) in [4.78, 5) is 25.7. The molecule has 4 aromatic carbocycles. The Morgan fingerprint density at radius 1 is 0.676 bits per heavy atom. The SMILES string of the molecule is Cc1ccccc1-c1ccc(C(=O)Nc2ccccc2NC(=O)c2cccc(C(=N)N)c2)cc1. The van der Waals surface area contributed by atoms with Crippen LogP contribution in [0.5, 0.6) is 0 Å². The molecule has 6 heteroatoms. The number of anilines is 2. The van der Waals surface area contributed by atoms with E-state index in [0.717, 1.165) is 11.1 Å². The summed E-state index contributed by atoms with van der Waals surface area (Å²) in [6.45, 7) is 2.05. The maximum atomic E-state index is 12.9. The van der Waals surface area contributed by atoms with Gasteiger partial charge in [0.25, 0.3) is 11.8 Å². The van der Waals surface area contributed by atoms with Crippen molar-refractivity contribution in [1.82, 2.24) is 0 Å². The van der Waals surface area contributed by atoms with Gasteiger partial charge in [-0.15, -0.1) is 0 Å². The average molecular weight is 449 g/mol. The molecule has 0 fully saturated rings. The van der Waals surface area contributed by atoms with Gasteiger partial charge in [0.2, 0.25) is 0 Å². The Labute approximate surface area is 198 Å². The van der Waals surface area contributed by atoms with E-state index < -0.39 is 0 Å². The molecule has 0 bridgehead atoms. The molecule has 4 aromatic rings. The van der Waals surface area contributed by atoms with Crippen LogP contribution in [0.25, 0.3) is 11.1 Å². The molecule has 2 amide bonds. The largest absolute Gasteiger partial charge is 0.384 e. The first-order chi connectivity index (χ1) is 16.4. The highest BCUT2D eigenvalue weighted by Gasteiger charge is 2.13. The number of amides is 2. The van der Waals surface area contributed by atoms with Crippen LogP contribution in [0.2, 0.25) is 0 Å². The second-order valence-corrected chi connectivity index (χ2v) is 7.84. The van der Waals surface area contributed by atoms with E-state index in [0.29, 0.717) is 28.1 Å². The zero-order valence-corrected chi connectivity index (χ0v) is 18.6. The molecule has 0 heterocycles. The molecule has 0 atom stereocenters. The molecule has 0 aliphatic carbocycles. The minimum atomic E-state index is -0.368. The fourth-order valence-electron chi connectivity index (χ4n) is 3.62. The van der Waals surface area contributed by atoms with Crippen molar-refractivity contribution in [3.8, 4) is 11.1 Å². The number of aryl methyl sites for hydroxylation is 1. The van der Waals surface area contributed by atoms with Gasteiger partial charge in [0.05, 0.1) is 11.4 Å². The number of para-hydroxylation sites is 2. The third-order valence-corrected chi connectivity index (χ3v) is 5.46. The molecule has 4 rings (SSSR count). The van der Waals surface area contributed by atoms with E-state index in [1.807, 2.05) is 24.3 Å². The Morgan fingerprint density at radius 3 is 1.85 bits per heavy atom. The molecule has 0 saturated carbocycles. The van der Waals surface area contributed by atoms with Gasteiger partial charge in [0.1, 0.15) is 5.84 Å². The normalized spacial score (nSPS) is 10.4. The summed E-state index contributed by atoms with van der Waals surface area (Å²) in [6.07, 6.45) is 0. The van der Waals surface area contributed by atoms with Gasteiger partial charge >= 0.3 is 0 Å². The number of nitrogens with one attached hydrogen (secondary N) is 3. The van der Waals surface area contributed by atoms with E-state index in [9.17, 15) is 9.59 Å². The van der Waals surface area contributed by atoms with Crippen molar-refractivity contribution in [1.29, 1.82) is 5.41 Å². The Hall–Kier alpha value is -4.71. The first kappa shape index (κ1) is 22.5. The van der Waals surface area contributed by atoms with Gasteiger partial charge in [-0.05, 0) is 60.0 Å². The maximum absolute atomic E-state index is 12.9. The van der Waals surface area contributed by atoms with Crippen LogP contribution in [0, 0.1) is 12.3 Å². The molecule has 0 spiro atoms. The molecule has 0 saturated heterocycles. The molecule has 0 aliphatic heterocycles. The molecule has 6 nitrogen and oxygen atoms in total. The smallest absolute Gasteiger partial charge is 0.255 e. The number of carbonyl (C=O) groups excluding carboxylic acids is 2. The monoisotopic (exact) mass is 448 g/mol. The first-order valence-electron chi connectivity index (χ1n) is 10.7. The lowest BCUT2D eigenvalue weighted by molar-refractivity contribution is 0.101. The van der Waals surface area contributed by atoms with Crippen LogP contribution in [0.4, 0.5) is 11.4 Å². The van der Waals surface area contributed by atoms with Crippen LogP contribution in [-0.2, 0) is 0 Å². The summed E-state index contributed by atoms with van der Waals surface area (Å²) >= 11 is 0.